The number of hydrogen-bond donors (Lipinski definition) is 1. The Morgan fingerprint density at radius 2 is 1.57 bits per heavy atom. The first-order valence-corrected chi connectivity index (χ1v) is 9.35. The Kier molecular flexibility index (Phi) is 5.95. The van der Waals surface area contributed by atoms with Crippen molar-refractivity contribution < 1.29 is 19.4 Å². The highest BCUT2D eigenvalue weighted by atomic mass is 16.5. The van der Waals surface area contributed by atoms with Gasteiger partial charge in [-0.1, -0.05) is 59.7 Å². The predicted molar refractivity (Wildman–Crippen MR) is 108 cm³/mol. The molecule has 1 N–H and O–H groups in total. The second-order valence-electron chi connectivity index (χ2n) is 7.12. The number of hydrogen-bond acceptors (Lipinski definition) is 4. The van der Waals surface area contributed by atoms with Crippen molar-refractivity contribution in [1.29, 1.82) is 0 Å². The molecule has 28 heavy (non-hydrogen) atoms. The lowest BCUT2D eigenvalue weighted by Crippen LogP contribution is -2.31. The summed E-state index contributed by atoms with van der Waals surface area (Å²) in [6.45, 7) is 4.79. The number of nitrogens with zero attached hydrogens (tertiary/aromatic N) is 1. The largest absolute Gasteiger partial charge is 0.507 e. The summed E-state index contributed by atoms with van der Waals surface area (Å²) in [6, 6.07) is 14.3. The molecular weight excluding hydrogens is 354 g/mol. The Balaban J connectivity index is 2.10. The normalized spacial score (nSPS) is 18.7. The SMILES string of the molecule is COCCCN1C(=O)C(=O)C(=C(O)c2ccc(C)cc2)[C@@H]1c1ccc(C)cc1. The lowest BCUT2D eigenvalue weighted by molar-refractivity contribution is -0.140. The van der Waals surface area contributed by atoms with Crippen LogP contribution in [0.15, 0.2) is 54.1 Å². The van der Waals surface area contributed by atoms with E-state index in [-0.39, 0.29) is 11.3 Å². The maximum Gasteiger partial charge on any atom is 0.295 e. The molecule has 0 saturated carbocycles. The number of rotatable bonds is 6. The minimum absolute atomic E-state index is 0.134. The molecule has 1 amide bonds. The number of likely N-dealkylation sites (tertiary alicyclic amines) is 1. The molecule has 0 bridgehead atoms. The topological polar surface area (TPSA) is 66.8 Å². The van der Waals surface area contributed by atoms with Crippen LogP contribution in [0, 0.1) is 13.8 Å². The number of methoxy groups -OCH3 is 1. The van der Waals surface area contributed by atoms with Gasteiger partial charge < -0.3 is 14.7 Å². The maximum atomic E-state index is 12.8. The van der Waals surface area contributed by atoms with E-state index in [1.165, 1.54) is 4.90 Å². The summed E-state index contributed by atoms with van der Waals surface area (Å²) in [5.41, 5.74) is 3.59. The molecule has 1 aliphatic rings. The first-order chi connectivity index (χ1) is 13.4. The van der Waals surface area contributed by atoms with Crippen molar-refractivity contribution in [2.24, 2.45) is 0 Å². The second kappa shape index (κ2) is 8.40. The molecule has 1 atom stereocenters. The molecule has 146 valence electrons. The number of ether oxygens (including phenoxy) is 1. The molecule has 3 rings (SSSR count). The van der Waals surface area contributed by atoms with Crippen LogP contribution in [0.1, 0.15) is 34.7 Å². The highest BCUT2D eigenvalue weighted by Gasteiger charge is 2.45. The molecule has 0 aromatic heterocycles. The number of aliphatic hydroxyl groups is 1. The summed E-state index contributed by atoms with van der Waals surface area (Å²) in [7, 11) is 1.60. The van der Waals surface area contributed by atoms with E-state index in [4.69, 9.17) is 4.74 Å². The zero-order valence-corrected chi connectivity index (χ0v) is 16.4. The minimum atomic E-state index is -0.652. The zero-order valence-electron chi connectivity index (χ0n) is 16.4. The zero-order chi connectivity index (χ0) is 20.3. The lowest BCUT2D eigenvalue weighted by atomic mass is 9.94. The first-order valence-electron chi connectivity index (χ1n) is 9.35. The molecule has 2 aromatic carbocycles. The van der Waals surface area contributed by atoms with Gasteiger partial charge in [0, 0.05) is 25.8 Å². The van der Waals surface area contributed by atoms with Crippen LogP contribution < -0.4 is 0 Å². The van der Waals surface area contributed by atoms with Gasteiger partial charge in [0.05, 0.1) is 11.6 Å². The van der Waals surface area contributed by atoms with Crippen LogP contribution in [0.3, 0.4) is 0 Å². The van der Waals surface area contributed by atoms with Gasteiger partial charge in [-0.2, -0.15) is 0 Å². The van der Waals surface area contributed by atoms with Crippen molar-refractivity contribution in [2.45, 2.75) is 26.3 Å². The Morgan fingerprint density at radius 1 is 1.00 bits per heavy atom. The minimum Gasteiger partial charge on any atom is -0.507 e. The molecule has 2 aromatic rings. The average Bonchev–Trinajstić information content (AvgIpc) is 2.94. The Bertz CT molecular complexity index is 897. The van der Waals surface area contributed by atoms with Gasteiger partial charge >= 0.3 is 0 Å². The van der Waals surface area contributed by atoms with Crippen molar-refractivity contribution in [3.05, 3.63) is 76.4 Å². The number of ketones is 1. The van der Waals surface area contributed by atoms with E-state index in [9.17, 15) is 14.7 Å². The molecule has 1 fully saturated rings. The monoisotopic (exact) mass is 379 g/mol. The standard InChI is InChI=1S/C23H25NO4/c1-15-5-9-17(10-6-15)20-19(21(25)18-11-7-16(2)8-12-18)22(26)23(27)24(20)13-4-14-28-3/h5-12,20,25H,4,13-14H2,1-3H3/t20-/m0/s1. The molecule has 0 radical (unpaired) electrons. The van der Waals surface area contributed by atoms with Crippen molar-refractivity contribution in [2.75, 3.05) is 20.3 Å². The summed E-state index contributed by atoms with van der Waals surface area (Å²) in [5.74, 6) is -1.38. The third-order valence-corrected chi connectivity index (χ3v) is 5.01. The van der Waals surface area contributed by atoms with Crippen LogP contribution in [0.4, 0.5) is 0 Å². The molecule has 5 heteroatoms. The fraction of sp³-hybridized carbons (Fsp3) is 0.304. The quantitative estimate of drug-likeness (QED) is 0.359. The number of benzene rings is 2. The summed E-state index contributed by atoms with van der Waals surface area (Å²) in [5, 5.41) is 10.9. The molecular formula is C23H25NO4. The van der Waals surface area contributed by atoms with Crippen LogP contribution in [0.5, 0.6) is 0 Å². The lowest BCUT2D eigenvalue weighted by Gasteiger charge is -2.25. The van der Waals surface area contributed by atoms with Crippen LogP contribution in [0.2, 0.25) is 0 Å². The van der Waals surface area contributed by atoms with E-state index < -0.39 is 17.7 Å². The van der Waals surface area contributed by atoms with Crippen LogP contribution in [0.25, 0.3) is 5.76 Å². The van der Waals surface area contributed by atoms with E-state index in [0.29, 0.717) is 25.1 Å². The third-order valence-electron chi connectivity index (χ3n) is 5.01. The number of carbonyl (C=O) groups is 2. The van der Waals surface area contributed by atoms with Crippen molar-refractivity contribution in [3.8, 4) is 0 Å². The van der Waals surface area contributed by atoms with Gasteiger partial charge in [0.15, 0.2) is 0 Å². The van der Waals surface area contributed by atoms with Gasteiger partial charge in [0.1, 0.15) is 5.76 Å². The summed E-state index contributed by atoms with van der Waals surface area (Å²) < 4.78 is 5.09. The third kappa shape index (κ3) is 3.85. The predicted octanol–water partition coefficient (Wildman–Crippen LogP) is 3.76. The average molecular weight is 379 g/mol. The number of Topliss-reactive ketones (excluding diaryl/α,β-unsaturated/α-hetero) is 1. The second-order valence-corrected chi connectivity index (χ2v) is 7.12. The Hall–Kier alpha value is -2.92. The highest BCUT2D eigenvalue weighted by Crippen LogP contribution is 2.39. The number of aryl methyl sites for hydroxylation is 2. The molecule has 1 heterocycles. The van der Waals surface area contributed by atoms with E-state index in [2.05, 4.69) is 0 Å². The van der Waals surface area contributed by atoms with Crippen LogP contribution >= 0.6 is 0 Å². The first kappa shape index (κ1) is 19.8. The Labute approximate surface area is 165 Å². The fourth-order valence-electron chi connectivity index (χ4n) is 3.45. The van der Waals surface area contributed by atoms with E-state index in [1.807, 2.05) is 50.2 Å². The highest BCUT2D eigenvalue weighted by molar-refractivity contribution is 6.46. The number of amides is 1. The van der Waals surface area contributed by atoms with Gasteiger partial charge in [-0.05, 0) is 25.8 Å². The molecule has 0 spiro atoms. The van der Waals surface area contributed by atoms with E-state index >= 15 is 0 Å². The van der Waals surface area contributed by atoms with Gasteiger partial charge in [0.25, 0.3) is 11.7 Å². The summed E-state index contributed by atoms with van der Waals surface area (Å²) in [4.78, 5) is 27.1. The van der Waals surface area contributed by atoms with E-state index in [1.54, 1.807) is 19.2 Å². The number of carbonyl (C=O) groups excluding carboxylic acids is 2. The number of aliphatic hydroxyl groups excluding tert-OH is 1. The van der Waals surface area contributed by atoms with Crippen molar-refractivity contribution in [3.63, 3.8) is 0 Å². The van der Waals surface area contributed by atoms with Gasteiger partial charge in [-0.15, -0.1) is 0 Å². The smallest absolute Gasteiger partial charge is 0.295 e. The van der Waals surface area contributed by atoms with Crippen LogP contribution in [-0.2, 0) is 14.3 Å². The fourth-order valence-corrected chi connectivity index (χ4v) is 3.45. The molecule has 1 saturated heterocycles. The molecule has 0 aliphatic carbocycles. The Morgan fingerprint density at radius 3 is 2.14 bits per heavy atom. The molecule has 1 aliphatic heterocycles. The summed E-state index contributed by atoms with van der Waals surface area (Å²) >= 11 is 0. The van der Waals surface area contributed by atoms with Crippen molar-refractivity contribution >= 4 is 17.4 Å². The maximum absolute atomic E-state index is 12.8. The van der Waals surface area contributed by atoms with E-state index in [0.717, 1.165) is 16.7 Å². The van der Waals surface area contributed by atoms with Crippen LogP contribution in [-0.4, -0.2) is 42.0 Å². The molecule has 0 unspecified atom stereocenters. The molecule has 5 nitrogen and oxygen atoms in total. The van der Waals surface area contributed by atoms with Gasteiger partial charge in [-0.25, -0.2) is 0 Å². The summed E-state index contributed by atoms with van der Waals surface area (Å²) in [6.07, 6.45) is 0.608. The van der Waals surface area contributed by atoms with Crippen molar-refractivity contribution in [1.82, 2.24) is 4.90 Å². The van der Waals surface area contributed by atoms with Gasteiger partial charge in [0.2, 0.25) is 0 Å². The van der Waals surface area contributed by atoms with Gasteiger partial charge in [-0.3, -0.25) is 9.59 Å².